The topological polar surface area (TPSA) is 29.3 Å². The van der Waals surface area contributed by atoms with Crippen molar-refractivity contribution in [3.63, 3.8) is 0 Å². The van der Waals surface area contributed by atoms with E-state index >= 15 is 0 Å². The molecule has 2 aromatic carbocycles. The van der Waals surface area contributed by atoms with Crippen LogP contribution in [0.4, 0.5) is 10.1 Å². The third kappa shape index (κ3) is 3.32. The summed E-state index contributed by atoms with van der Waals surface area (Å²) < 4.78 is 14.7. The van der Waals surface area contributed by atoms with Gasteiger partial charge in [0.2, 0.25) is 0 Å². The minimum atomic E-state index is -0.288. The molecule has 106 valence electrons. The molecule has 0 aromatic heterocycles. The predicted molar refractivity (Wildman–Crippen MR) is 85.6 cm³/mol. The molecule has 0 aliphatic heterocycles. The van der Waals surface area contributed by atoms with Gasteiger partial charge in [0.05, 0.1) is 10.2 Å². The summed E-state index contributed by atoms with van der Waals surface area (Å²) in [6, 6.07) is 11.1. The summed E-state index contributed by atoms with van der Waals surface area (Å²) in [6.45, 7) is 0.904. The van der Waals surface area contributed by atoms with Gasteiger partial charge in [-0.3, -0.25) is 0 Å². The molecule has 2 rings (SSSR count). The van der Waals surface area contributed by atoms with Crippen molar-refractivity contribution in [1.29, 1.82) is 0 Å². The number of benzene rings is 2. The van der Waals surface area contributed by atoms with E-state index in [0.29, 0.717) is 28.3 Å². The molecule has 0 bridgehead atoms. The molecule has 0 radical (unpaired) electrons. The number of halogens is 3. The van der Waals surface area contributed by atoms with E-state index in [1.54, 1.807) is 6.07 Å². The first-order chi connectivity index (χ1) is 9.52. The van der Waals surface area contributed by atoms with Gasteiger partial charge >= 0.3 is 0 Å². The summed E-state index contributed by atoms with van der Waals surface area (Å²) in [5.41, 5.74) is 7.91. The summed E-state index contributed by atoms with van der Waals surface area (Å²) in [5.74, 6) is -0.288. The zero-order chi connectivity index (χ0) is 14.7. The molecule has 2 N–H and O–H groups in total. The Bertz CT molecular complexity index is 602. The van der Waals surface area contributed by atoms with Crippen molar-refractivity contribution in [2.24, 2.45) is 5.73 Å². The van der Waals surface area contributed by atoms with Gasteiger partial charge in [0, 0.05) is 25.2 Å². The predicted octanol–water partition coefficient (Wildman–Crippen LogP) is 4.34. The number of rotatable bonds is 4. The molecule has 0 saturated carbocycles. The summed E-state index contributed by atoms with van der Waals surface area (Å²) in [4.78, 5) is 1.85. The molecule has 0 aliphatic carbocycles. The largest absolute Gasteiger partial charge is 0.368 e. The van der Waals surface area contributed by atoms with E-state index in [1.807, 2.05) is 42.3 Å². The van der Waals surface area contributed by atoms with Crippen LogP contribution in [0.2, 0.25) is 5.02 Å². The smallest absolute Gasteiger partial charge is 0.160 e. The minimum Gasteiger partial charge on any atom is -0.368 e. The van der Waals surface area contributed by atoms with Crippen LogP contribution in [0, 0.1) is 5.82 Å². The van der Waals surface area contributed by atoms with Crippen LogP contribution >= 0.6 is 27.5 Å². The zero-order valence-corrected chi connectivity index (χ0v) is 13.4. The Morgan fingerprint density at radius 2 is 1.85 bits per heavy atom. The Morgan fingerprint density at radius 3 is 2.45 bits per heavy atom. The highest BCUT2D eigenvalue weighted by atomic mass is 79.9. The van der Waals surface area contributed by atoms with Crippen LogP contribution < -0.4 is 10.6 Å². The van der Waals surface area contributed by atoms with Crippen LogP contribution in [-0.4, -0.2) is 7.05 Å². The lowest BCUT2D eigenvalue weighted by atomic mass is 10.1. The first-order valence-electron chi connectivity index (χ1n) is 6.15. The van der Waals surface area contributed by atoms with E-state index in [-0.39, 0.29) is 5.82 Å². The first kappa shape index (κ1) is 15.3. The molecule has 2 nitrogen and oxygen atoms in total. The van der Waals surface area contributed by atoms with Gasteiger partial charge in [-0.05, 0) is 45.3 Å². The fourth-order valence-corrected chi connectivity index (χ4v) is 2.60. The molecule has 0 heterocycles. The molecule has 0 spiro atoms. The molecule has 0 atom stereocenters. The Morgan fingerprint density at radius 1 is 1.20 bits per heavy atom. The normalized spacial score (nSPS) is 10.7. The summed E-state index contributed by atoms with van der Waals surface area (Å²) in [5, 5.41) is 0.692. The van der Waals surface area contributed by atoms with Crippen molar-refractivity contribution in [2.45, 2.75) is 13.1 Å². The Labute approximate surface area is 131 Å². The maximum atomic E-state index is 14.3. The molecular weight excluding hydrogens is 343 g/mol. The van der Waals surface area contributed by atoms with Crippen LogP contribution in [-0.2, 0) is 13.1 Å². The standard InChI is InChI=1S/C15H15BrClFN2/c1-20(9-10-2-5-12(17)6-3-10)13-7-4-11(8-19)14(16)15(13)18/h2-7H,8-9,19H2,1H3. The highest BCUT2D eigenvalue weighted by molar-refractivity contribution is 9.10. The molecule has 0 unspecified atom stereocenters. The van der Waals surface area contributed by atoms with Gasteiger partial charge in [0.15, 0.2) is 5.82 Å². The van der Waals surface area contributed by atoms with Crippen LogP contribution in [0.5, 0.6) is 0 Å². The molecule has 0 amide bonds. The fraction of sp³-hybridized carbons (Fsp3) is 0.200. The number of nitrogens with two attached hydrogens (primary N) is 1. The highest BCUT2D eigenvalue weighted by Gasteiger charge is 2.13. The van der Waals surface area contributed by atoms with Crippen molar-refractivity contribution in [1.82, 2.24) is 0 Å². The molecule has 2 aromatic rings. The van der Waals surface area contributed by atoms with Crippen molar-refractivity contribution in [3.8, 4) is 0 Å². The third-order valence-electron chi connectivity index (χ3n) is 3.11. The van der Waals surface area contributed by atoms with Crippen LogP contribution in [0.3, 0.4) is 0 Å². The summed E-state index contributed by atoms with van der Waals surface area (Å²) in [7, 11) is 1.85. The maximum absolute atomic E-state index is 14.3. The lowest BCUT2D eigenvalue weighted by molar-refractivity contribution is 0.613. The molecule has 0 saturated heterocycles. The van der Waals surface area contributed by atoms with E-state index in [9.17, 15) is 4.39 Å². The second-order valence-electron chi connectivity index (χ2n) is 4.56. The Hall–Kier alpha value is -1.10. The van der Waals surface area contributed by atoms with E-state index in [4.69, 9.17) is 17.3 Å². The van der Waals surface area contributed by atoms with Gasteiger partial charge in [-0.25, -0.2) is 4.39 Å². The van der Waals surface area contributed by atoms with Gasteiger partial charge < -0.3 is 10.6 Å². The summed E-state index contributed by atoms with van der Waals surface area (Å²) >= 11 is 9.11. The Kier molecular flexibility index (Phi) is 5.02. The van der Waals surface area contributed by atoms with Crippen LogP contribution in [0.1, 0.15) is 11.1 Å². The number of anilines is 1. The average Bonchev–Trinajstić information content (AvgIpc) is 2.44. The van der Waals surface area contributed by atoms with Gasteiger partial charge in [-0.15, -0.1) is 0 Å². The van der Waals surface area contributed by atoms with Crippen molar-refractivity contribution < 1.29 is 4.39 Å². The van der Waals surface area contributed by atoms with Crippen molar-refractivity contribution >= 4 is 33.2 Å². The Balaban J connectivity index is 2.23. The minimum absolute atomic E-state index is 0.288. The van der Waals surface area contributed by atoms with E-state index < -0.39 is 0 Å². The highest BCUT2D eigenvalue weighted by Crippen LogP contribution is 2.29. The quantitative estimate of drug-likeness (QED) is 0.882. The SMILES string of the molecule is CN(Cc1ccc(Cl)cc1)c1ccc(CN)c(Br)c1F. The van der Waals surface area contributed by atoms with E-state index in [0.717, 1.165) is 11.1 Å². The third-order valence-corrected chi connectivity index (χ3v) is 4.22. The van der Waals surface area contributed by atoms with Crippen LogP contribution in [0.25, 0.3) is 0 Å². The molecular formula is C15H15BrClFN2. The molecule has 0 fully saturated rings. The first-order valence-corrected chi connectivity index (χ1v) is 7.32. The van der Waals surface area contributed by atoms with Crippen molar-refractivity contribution in [2.75, 3.05) is 11.9 Å². The second kappa shape index (κ2) is 6.57. The van der Waals surface area contributed by atoms with Crippen LogP contribution in [0.15, 0.2) is 40.9 Å². The molecule has 5 heteroatoms. The van der Waals surface area contributed by atoms with Gasteiger partial charge in [-0.1, -0.05) is 29.8 Å². The average molecular weight is 358 g/mol. The lowest BCUT2D eigenvalue weighted by Crippen LogP contribution is -2.18. The lowest BCUT2D eigenvalue weighted by Gasteiger charge is -2.21. The van der Waals surface area contributed by atoms with Gasteiger partial charge in [0.25, 0.3) is 0 Å². The second-order valence-corrected chi connectivity index (χ2v) is 5.79. The van der Waals surface area contributed by atoms with Gasteiger partial charge in [-0.2, -0.15) is 0 Å². The number of hydrogen-bond donors (Lipinski definition) is 1. The number of hydrogen-bond acceptors (Lipinski definition) is 2. The molecule has 20 heavy (non-hydrogen) atoms. The van der Waals surface area contributed by atoms with Crippen molar-refractivity contribution in [3.05, 3.63) is 62.8 Å². The monoisotopic (exact) mass is 356 g/mol. The summed E-state index contributed by atoms with van der Waals surface area (Å²) in [6.07, 6.45) is 0. The van der Waals surface area contributed by atoms with E-state index in [1.165, 1.54) is 0 Å². The van der Waals surface area contributed by atoms with E-state index in [2.05, 4.69) is 15.9 Å². The zero-order valence-electron chi connectivity index (χ0n) is 11.0. The maximum Gasteiger partial charge on any atom is 0.160 e. The van der Waals surface area contributed by atoms with Gasteiger partial charge in [0.1, 0.15) is 0 Å². The number of nitrogens with zero attached hydrogens (tertiary/aromatic N) is 1. The fourth-order valence-electron chi connectivity index (χ4n) is 1.98. The molecule has 0 aliphatic rings.